The second kappa shape index (κ2) is 6.94. The number of nitrogens with two attached hydrogens (primary N) is 1. The van der Waals surface area contributed by atoms with Gasteiger partial charge in [0.1, 0.15) is 0 Å². The van der Waals surface area contributed by atoms with E-state index in [9.17, 15) is 4.79 Å². The summed E-state index contributed by atoms with van der Waals surface area (Å²) < 4.78 is 0. The zero-order chi connectivity index (χ0) is 15.3. The largest absolute Gasteiger partial charge is 0.399 e. The van der Waals surface area contributed by atoms with E-state index < -0.39 is 0 Å². The molecule has 0 atom stereocenters. The Hall–Kier alpha value is -1.55. The van der Waals surface area contributed by atoms with E-state index in [1.165, 1.54) is 12.8 Å². The highest BCUT2D eigenvalue weighted by atomic mass is 16.1. The van der Waals surface area contributed by atoms with Gasteiger partial charge in [-0.3, -0.25) is 4.79 Å². The number of carbonyl (C=O) groups excluding carboxylic acids is 1. The summed E-state index contributed by atoms with van der Waals surface area (Å²) in [6.45, 7) is 8.01. The van der Waals surface area contributed by atoms with Crippen molar-refractivity contribution in [2.75, 3.05) is 30.7 Å². The molecule has 1 aromatic rings. The van der Waals surface area contributed by atoms with Crippen molar-refractivity contribution in [3.05, 3.63) is 24.3 Å². The molecule has 1 saturated heterocycles. The maximum absolute atomic E-state index is 11.9. The summed E-state index contributed by atoms with van der Waals surface area (Å²) in [6, 6.07) is 7.26. The number of hydrogen-bond acceptors (Lipinski definition) is 3. The summed E-state index contributed by atoms with van der Waals surface area (Å²) in [7, 11) is 0. The monoisotopic (exact) mass is 289 g/mol. The Labute approximate surface area is 127 Å². The summed E-state index contributed by atoms with van der Waals surface area (Å²) in [5, 5.41) is 2.91. The van der Waals surface area contributed by atoms with Crippen LogP contribution >= 0.6 is 0 Å². The second-order valence-corrected chi connectivity index (χ2v) is 6.78. The Morgan fingerprint density at radius 1 is 1.24 bits per heavy atom. The fourth-order valence-corrected chi connectivity index (χ4v) is 2.64. The lowest BCUT2D eigenvalue weighted by molar-refractivity contribution is -0.116. The fraction of sp³-hybridized carbons (Fsp3) is 0.588. The molecule has 4 nitrogen and oxygen atoms in total. The van der Waals surface area contributed by atoms with Crippen LogP contribution in [-0.2, 0) is 4.79 Å². The van der Waals surface area contributed by atoms with Gasteiger partial charge in [-0.15, -0.1) is 0 Å². The molecule has 1 fully saturated rings. The van der Waals surface area contributed by atoms with Crippen molar-refractivity contribution >= 4 is 17.3 Å². The minimum absolute atomic E-state index is 0.0807. The smallest absolute Gasteiger partial charge is 0.224 e. The van der Waals surface area contributed by atoms with Gasteiger partial charge in [0.25, 0.3) is 0 Å². The lowest BCUT2D eigenvalue weighted by atomic mass is 9.82. The average Bonchev–Trinajstić information content (AvgIpc) is 2.43. The van der Waals surface area contributed by atoms with Gasteiger partial charge in [0.05, 0.1) is 0 Å². The number of nitrogen functional groups attached to an aromatic ring is 1. The number of hydrogen-bond donors (Lipinski definition) is 2. The molecule has 4 heteroatoms. The van der Waals surface area contributed by atoms with Gasteiger partial charge in [-0.2, -0.15) is 0 Å². The summed E-state index contributed by atoms with van der Waals surface area (Å²) >= 11 is 0. The predicted octanol–water partition coefficient (Wildman–Crippen LogP) is 3.11. The number of likely N-dealkylation sites (tertiary alicyclic amines) is 1. The zero-order valence-corrected chi connectivity index (χ0v) is 13.2. The molecule has 1 aliphatic rings. The van der Waals surface area contributed by atoms with Crippen molar-refractivity contribution in [2.24, 2.45) is 5.41 Å². The normalized spacial score (nSPS) is 18.4. The Balaban J connectivity index is 1.64. The fourth-order valence-electron chi connectivity index (χ4n) is 2.64. The van der Waals surface area contributed by atoms with E-state index in [0.29, 0.717) is 17.5 Å². The van der Waals surface area contributed by atoms with Crippen LogP contribution in [0.2, 0.25) is 0 Å². The minimum Gasteiger partial charge on any atom is -0.399 e. The van der Waals surface area contributed by atoms with E-state index in [1.807, 2.05) is 12.1 Å². The van der Waals surface area contributed by atoms with Gasteiger partial charge >= 0.3 is 0 Å². The number of piperidine rings is 1. The van der Waals surface area contributed by atoms with Crippen LogP contribution in [0.1, 0.15) is 39.5 Å². The predicted molar refractivity (Wildman–Crippen MR) is 88.2 cm³/mol. The van der Waals surface area contributed by atoms with Crippen LogP contribution < -0.4 is 11.1 Å². The topological polar surface area (TPSA) is 58.4 Å². The van der Waals surface area contributed by atoms with Crippen molar-refractivity contribution in [2.45, 2.75) is 39.5 Å². The Morgan fingerprint density at radius 3 is 2.48 bits per heavy atom. The van der Waals surface area contributed by atoms with Crippen LogP contribution in [0.5, 0.6) is 0 Å². The first-order valence-electron chi connectivity index (χ1n) is 7.82. The number of anilines is 2. The van der Waals surface area contributed by atoms with E-state index in [-0.39, 0.29) is 5.91 Å². The molecule has 2 rings (SSSR count). The molecule has 1 aromatic carbocycles. The number of nitrogens with one attached hydrogen (secondary N) is 1. The third-order valence-electron chi connectivity index (χ3n) is 4.28. The molecule has 0 saturated carbocycles. The van der Waals surface area contributed by atoms with E-state index >= 15 is 0 Å². The summed E-state index contributed by atoms with van der Waals surface area (Å²) in [4.78, 5) is 14.4. The lowest BCUT2D eigenvalue weighted by Crippen LogP contribution is -2.38. The molecule has 0 radical (unpaired) electrons. The minimum atomic E-state index is 0.0807. The van der Waals surface area contributed by atoms with Crippen LogP contribution in [-0.4, -0.2) is 30.4 Å². The maximum atomic E-state index is 11.9. The highest BCUT2D eigenvalue weighted by Crippen LogP contribution is 2.29. The summed E-state index contributed by atoms with van der Waals surface area (Å²) in [6.07, 6.45) is 4.00. The summed E-state index contributed by atoms with van der Waals surface area (Å²) in [5.41, 5.74) is 7.63. The third kappa shape index (κ3) is 5.38. The molecule has 1 amide bonds. The second-order valence-electron chi connectivity index (χ2n) is 6.78. The van der Waals surface area contributed by atoms with Crippen LogP contribution in [0.25, 0.3) is 0 Å². The summed E-state index contributed by atoms with van der Waals surface area (Å²) in [5.74, 6) is 0.0807. The molecule has 0 spiro atoms. The van der Waals surface area contributed by atoms with Gasteiger partial charge in [-0.25, -0.2) is 0 Å². The molecule has 0 bridgehead atoms. The molecule has 0 unspecified atom stereocenters. The number of rotatable bonds is 5. The van der Waals surface area contributed by atoms with Gasteiger partial charge < -0.3 is 16.0 Å². The first-order valence-corrected chi connectivity index (χ1v) is 7.82. The SMILES string of the molecule is CC1(C)CCN(CCCC(=O)Nc2ccc(N)cc2)CC1. The van der Waals surface area contributed by atoms with Crippen LogP contribution in [0.4, 0.5) is 11.4 Å². The molecule has 1 heterocycles. The molecule has 0 aliphatic carbocycles. The average molecular weight is 289 g/mol. The van der Waals surface area contributed by atoms with Crippen molar-refractivity contribution in [1.29, 1.82) is 0 Å². The van der Waals surface area contributed by atoms with Crippen molar-refractivity contribution in [1.82, 2.24) is 4.90 Å². The highest BCUT2D eigenvalue weighted by molar-refractivity contribution is 5.90. The molecule has 0 aromatic heterocycles. The number of amides is 1. The van der Waals surface area contributed by atoms with Crippen molar-refractivity contribution < 1.29 is 4.79 Å². The molecule has 1 aliphatic heterocycles. The molecule has 21 heavy (non-hydrogen) atoms. The van der Waals surface area contributed by atoms with Gasteiger partial charge in [0.2, 0.25) is 5.91 Å². The van der Waals surface area contributed by atoms with E-state index in [0.717, 1.165) is 31.7 Å². The van der Waals surface area contributed by atoms with Crippen LogP contribution in [0.15, 0.2) is 24.3 Å². The lowest BCUT2D eigenvalue weighted by Gasteiger charge is -2.36. The van der Waals surface area contributed by atoms with Gasteiger partial charge in [0.15, 0.2) is 0 Å². The zero-order valence-electron chi connectivity index (χ0n) is 13.2. The Morgan fingerprint density at radius 2 is 1.86 bits per heavy atom. The quantitative estimate of drug-likeness (QED) is 0.819. The molecule has 116 valence electrons. The maximum Gasteiger partial charge on any atom is 0.224 e. The highest BCUT2D eigenvalue weighted by Gasteiger charge is 2.24. The number of carbonyl (C=O) groups is 1. The third-order valence-corrected chi connectivity index (χ3v) is 4.28. The van der Waals surface area contributed by atoms with Crippen LogP contribution in [0, 0.1) is 5.41 Å². The Kier molecular flexibility index (Phi) is 5.23. The molecule has 3 N–H and O–H groups in total. The van der Waals surface area contributed by atoms with Gasteiger partial charge in [0, 0.05) is 17.8 Å². The first kappa shape index (κ1) is 15.8. The van der Waals surface area contributed by atoms with E-state index in [1.54, 1.807) is 12.1 Å². The van der Waals surface area contributed by atoms with Crippen LogP contribution in [0.3, 0.4) is 0 Å². The number of nitrogens with zero attached hydrogens (tertiary/aromatic N) is 1. The standard InChI is InChI=1S/C17H27N3O/c1-17(2)9-12-20(13-10-17)11-3-4-16(21)19-15-7-5-14(18)6-8-15/h5-8H,3-4,9-13,18H2,1-2H3,(H,19,21). The van der Waals surface area contributed by atoms with E-state index in [2.05, 4.69) is 24.1 Å². The van der Waals surface area contributed by atoms with Gasteiger partial charge in [-0.1, -0.05) is 13.8 Å². The molecular weight excluding hydrogens is 262 g/mol. The van der Waals surface area contributed by atoms with Crippen molar-refractivity contribution in [3.63, 3.8) is 0 Å². The van der Waals surface area contributed by atoms with E-state index in [4.69, 9.17) is 5.73 Å². The Bertz CT molecular complexity index is 457. The van der Waals surface area contributed by atoms with Gasteiger partial charge in [-0.05, 0) is 68.6 Å². The first-order chi connectivity index (χ1) is 9.94. The number of benzene rings is 1. The molecular formula is C17H27N3O. The van der Waals surface area contributed by atoms with Crippen molar-refractivity contribution in [3.8, 4) is 0 Å².